The summed E-state index contributed by atoms with van der Waals surface area (Å²) in [6.07, 6.45) is 4.77. The van der Waals surface area contributed by atoms with Gasteiger partial charge in [0.15, 0.2) is 0 Å². The van der Waals surface area contributed by atoms with Gasteiger partial charge in [0.25, 0.3) is 0 Å². The minimum atomic E-state index is -0.387. The molecule has 11 heteroatoms. The molecule has 2 fully saturated rings. The van der Waals surface area contributed by atoms with Crippen molar-refractivity contribution in [2.75, 3.05) is 62.7 Å². The maximum Gasteiger partial charge on any atom is 0.410 e. The molecule has 0 bridgehead atoms. The van der Waals surface area contributed by atoms with Crippen LogP contribution in [0.5, 0.6) is 6.01 Å². The zero-order valence-electron chi connectivity index (χ0n) is 27.2. The molecule has 47 heavy (non-hydrogen) atoms. The minimum Gasteiger partial charge on any atom is -0.462 e. The average Bonchev–Trinajstić information content (AvgIpc) is 3.70. The van der Waals surface area contributed by atoms with Crippen LogP contribution in [-0.4, -0.2) is 95.4 Å². The Morgan fingerprint density at radius 3 is 2.66 bits per heavy atom. The number of aromatic nitrogens is 3. The summed E-state index contributed by atoms with van der Waals surface area (Å²) in [6.45, 7) is 12.6. The minimum absolute atomic E-state index is 0.191. The molecule has 7 rings (SSSR count). The Balaban J connectivity index is 1.15. The first-order chi connectivity index (χ1) is 23.0. The van der Waals surface area contributed by atoms with Crippen LogP contribution in [0.25, 0.3) is 15.7 Å². The van der Waals surface area contributed by atoms with Crippen molar-refractivity contribution < 1.29 is 14.3 Å². The van der Waals surface area contributed by atoms with E-state index >= 15 is 0 Å². The van der Waals surface area contributed by atoms with E-state index in [1.54, 1.807) is 4.90 Å². The molecule has 244 valence electrons. The Hall–Kier alpha value is -4.82. The maximum absolute atomic E-state index is 13.2. The molecule has 1 amide bonds. The number of para-hydroxylation sites is 1. The van der Waals surface area contributed by atoms with Gasteiger partial charge >= 0.3 is 12.1 Å². The van der Waals surface area contributed by atoms with Gasteiger partial charge in [-0.2, -0.15) is 9.97 Å². The second-order valence-corrected chi connectivity index (χ2v) is 12.8. The molecule has 0 radical (unpaired) electrons. The lowest BCUT2D eigenvalue weighted by Gasteiger charge is -2.40. The van der Waals surface area contributed by atoms with E-state index in [9.17, 15) is 4.79 Å². The molecule has 2 aromatic heterocycles. The number of piperazine rings is 1. The van der Waals surface area contributed by atoms with Crippen molar-refractivity contribution in [2.45, 2.75) is 44.5 Å². The normalized spacial score (nSPS) is 19.9. The fraction of sp³-hybridized carbons (Fsp3) is 0.444. The van der Waals surface area contributed by atoms with Gasteiger partial charge in [0.05, 0.1) is 23.4 Å². The van der Waals surface area contributed by atoms with E-state index in [1.165, 1.54) is 23.0 Å². The third-order valence-electron chi connectivity index (χ3n) is 9.84. The van der Waals surface area contributed by atoms with Crippen LogP contribution in [0.1, 0.15) is 29.7 Å². The summed E-state index contributed by atoms with van der Waals surface area (Å²) in [5, 5.41) is 1.22. The van der Waals surface area contributed by atoms with Gasteiger partial charge in [-0.15, -0.1) is 0 Å². The van der Waals surface area contributed by atoms with Crippen molar-refractivity contribution in [3.63, 3.8) is 0 Å². The number of nitrogens with zero attached hydrogens (tertiary/aromatic N) is 8. The molecule has 3 aliphatic heterocycles. The number of likely N-dealkylation sites (N-methyl/N-ethyl adjacent to an activating group) is 1. The number of amides is 1. The van der Waals surface area contributed by atoms with Gasteiger partial charge in [0, 0.05) is 56.4 Å². The summed E-state index contributed by atoms with van der Waals surface area (Å²) < 4.78 is 14.2. The summed E-state index contributed by atoms with van der Waals surface area (Å²) in [6, 6.07) is 18.7. The quantitative estimate of drug-likeness (QED) is 0.257. The summed E-state index contributed by atoms with van der Waals surface area (Å²) in [5.41, 5.74) is 5.42. The Morgan fingerprint density at radius 2 is 1.85 bits per heavy atom. The highest BCUT2D eigenvalue weighted by Gasteiger charge is 2.36. The topological polar surface area (TPSA) is 83.6 Å². The van der Waals surface area contributed by atoms with Crippen molar-refractivity contribution in [1.82, 2.24) is 24.3 Å². The lowest BCUT2D eigenvalue weighted by Crippen LogP contribution is -2.57. The molecule has 3 aliphatic rings. The van der Waals surface area contributed by atoms with Crippen LogP contribution in [0.4, 0.5) is 16.3 Å². The lowest BCUT2D eigenvalue weighted by molar-refractivity contribution is 0.0788. The molecule has 4 aromatic rings. The molecule has 2 saturated heterocycles. The average molecular weight is 635 g/mol. The van der Waals surface area contributed by atoms with E-state index in [-0.39, 0.29) is 25.3 Å². The molecular weight excluding hydrogens is 592 g/mol. The molecule has 0 unspecified atom stereocenters. The van der Waals surface area contributed by atoms with Crippen LogP contribution < -0.4 is 14.5 Å². The van der Waals surface area contributed by atoms with Gasteiger partial charge in [-0.25, -0.2) is 11.4 Å². The molecule has 0 aliphatic carbocycles. The first kappa shape index (κ1) is 30.8. The van der Waals surface area contributed by atoms with E-state index in [4.69, 9.17) is 26.0 Å². The van der Waals surface area contributed by atoms with Crippen molar-refractivity contribution >= 4 is 28.5 Å². The number of carbonyl (C=O) groups is 1. The highest BCUT2D eigenvalue weighted by atomic mass is 16.6. The van der Waals surface area contributed by atoms with Gasteiger partial charge < -0.3 is 33.6 Å². The van der Waals surface area contributed by atoms with Gasteiger partial charge in [-0.3, -0.25) is 4.90 Å². The predicted octanol–water partition coefficient (Wildman–Crippen LogP) is 4.75. The van der Waals surface area contributed by atoms with Crippen LogP contribution in [0.2, 0.25) is 0 Å². The number of likely N-dealkylation sites (tertiary alicyclic amines) is 1. The Kier molecular flexibility index (Phi) is 8.85. The molecule has 0 spiro atoms. The van der Waals surface area contributed by atoms with Crippen molar-refractivity contribution in [2.24, 2.45) is 7.05 Å². The number of hydrogen-bond acceptors (Lipinski definition) is 8. The van der Waals surface area contributed by atoms with Gasteiger partial charge in [0.1, 0.15) is 25.1 Å². The van der Waals surface area contributed by atoms with Crippen molar-refractivity contribution in [1.29, 1.82) is 0 Å². The van der Waals surface area contributed by atoms with Crippen LogP contribution in [0.15, 0.2) is 60.8 Å². The van der Waals surface area contributed by atoms with Crippen LogP contribution in [0.3, 0.4) is 0 Å². The van der Waals surface area contributed by atoms with E-state index in [1.807, 2.05) is 30.3 Å². The maximum atomic E-state index is 13.2. The van der Waals surface area contributed by atoms with Crippen LogP contribution in [0, 0.1) is 6.57 Å². The first-order valence-corrected chi connectivity index (χ1v) is 16.6. The number of aryl methyl sites for hydroxylation is 1. The standard InChI is InChI=1S/C36H42N8O3/c1-37-21-29-22-43(19-20-44(29)36(45)47-24-26-9-5-4-6-10-26)34-30-15-18-42(32-13-7-11-27-14-17-41(3)33(27)32)23-31(30)38-35(39-34)46-25-28-12-8-16-40(28)2/h4-7,9-11,13-14,17,28-29H,8,12,15-16,18-25H2,2-3H3/t28-,29-/m0/s1. The molecule has 5 heterocycles. The number of rotatable bonds is 8. The zero-order chi connectivity index (χ0) is 32.3. The molecule has 2 atom stereocenters. The van der Waals surface area contributed by atoms with E-state index in [2.05, 4.69) is 68.7 Å². The van der Waals surface area contributed by atoms with Gasteiger partial charge in [0.2, 0.25) is 6.54 Å². The lowest BCUT2D eigenvalue weighted by atomic mass is 10.0. The summed E-state index contributed by atoms with van der Waals surface area (Å²) in [5.74, 6) is 0.855. The summed E-state index contributed by atoms with van der Waals surface area (Å²) in [4.78, 5) is 35.6. The number of fused-ring (bicyclic) bond motifs is 2. The fourth-order valence-corrected chi connectivity index (χ4v) is 7.22. The first-order valence-electron chi connectivity index (χ1n) is 16.6. The Labute approximate surface area is 276 Å². The number of ether oxygens (including phenoxy) is 2. The monoisotopic (exact) mass is 634 g/mol. The number of hydrogen-bond donors (Lipinski definition) is 0. The molecule has 11 nitrogen and oxygen atoms in total. The molecule has 0 saturated carbocycles. The molecule has 0 N–H and O–H groups in total. The third-order valence-corrected chi connectivity index (χ3v) is 9.84. The highest BCUT2D eigenvalue weighted by molar-refractivity contribution is 5.92. The molecular formula is C36H42N8O3. The number of carbonyl (C=O) groups excluding carboxylic acids is 1. The van der Waals surface area contributed by atoms with Gasteiger partial charge in [-0.05, 0) is 50.6 Å². The number of anilines is 2. The van der Waals surface area contributed by atoms with Crippen LogP contribution in [-0.2, 0) is 31.4 Å². The highest BCUT2D eigenvalue weighted by Crippen LogP contribution is 2.35. The van der Waals surface area contributed by atoms with Crippen molar-refractivity contribution in [3.8, 4) is 6.01 Å². The smallest absolute Gasteiger partial charge is 0.410 e. The van der Waals surface area contributed by atoms with E-state index in [0.29, 0.717) is 44.8 Å². The van der Waals surface area contributed by atoms with Crippen LogP contribution >= 0.6 is 0 Å². The zero-order valence-corrected chi connectivity index (χ0v) is 27.2. The second-order valence-electron chi connectivity index (χ2n) is 12.8. The largest absolute Gasteiger partial charge is 0.462 e. The van der Waals surface area contributed by atoms with Gasteiger partial charge in [-0.1, -0.05) is 42.5 Å². The van der Waals surface area contributed by atoms with E-state index < -0.39 is 0 Å². The summed E-state index contributed by atoms with van der Waals surface area (Å²) in [7, 11) is 4.23. The molecule has 2 aromatic carbocycles. The number of benzene rings is 2. The van der Waals surface area contributed by atoms with Crippen molar-refractivity contribution in [3.05, 3.63) is 89.0 Å². The Morgan fingerprint density at radius 1 is 0.979 bits per heavy atom. The summed E-state index contributed by atoms with van der Waals surface area (Å²) >= 11 is 0. The fourth-order valence-electron chi connectivity index (χ4n) is 7.22. The third kappa shape index (κ3) is 6.43. The predicted molar refractivity (Wildman–Crippen MR) is 182 cm³/mol. The Bertz CT molecular complexity index is 1770. The SMILES string of the molecule is [C-]#[N+]C[C@H]1CN(c2nc(OC[C@@H]3CCCN3C)nc3c2CCN(c2cccc4ccn(C)c24)C3)CCN1C(=O)OCc1ccccc1. The second kappa shape index (κ2) is 13.5. The van der Waals surface area contributed by atoms with E-state index in [0.717, 1.165) is 48.6 Å².